The maximum Gasteiger partial charge on any atom is 0.0596 e. The summed E-state index contributed by atoms with van der Waals surface area (Å²) in [6.45, 7) is 6.47. The van der Waals surface area contributed by atoms with E-state index in [1.807, 2.05) is 0 Å². The Bertz CT molecular complexity index is 451. The maximum absolute atomic E-state index is 4.62. The van der Waals surface area contributed by atoms with Crippen LogP contribution in [0.5, 0.6) is 0 Å². The van der Waals surface area contributed by atoms with Crippen LogP contribution in [0.1, 0.15) is 44.0 Å². The third-order valence-corrected chi connectivity index (χ3v) is 5.45. The average Bonchev–Trinajstić information content (AvgIpc) is 3.04. The minimum absolute atomic E-state index is 0.497. The van der Waals surface area contributed by atoms with Gasteiger partial charge in [-0.1, -0.05) is 6.42 Å². The van der Waals surface area contributed by atoms with Crippen molar-refractivity contribution in [3.63, 3.8) is 0 Å². The van der Waals surface area contributed by atoms with Crippen molar-refractivity contribution in [2.75, 3.05) is 13.6 Å². The number of hydrogen-bond acceptors (Lipinski definition) is 2. The molecule has 0 saturated heterocycles. The van der Waals surface area contributed by atoms with E-state index in [-0.39, 0.29) is 0 Å². The maximum atomic E-state index is 4.62. The van der Waals surface area contributed by atoms with E-state index >= 15 is 0 Å². The van der Waals surface area contributed by atoms with E-state index in [1.165, 1.54) is 50.0 Å². The number of rotatable bonds is 5. The second-order valence-corrected chi connectivity index (χ2v) is 6.74. The summed E-state index contributed by atoms with van der Waals surface area (Å²) in [6, 6.07) is 2.30. The van der Waals surface area contributed by atoms with Crippen molar-refractivity contribution in [2.24, 2.45) is 17.3 Å². The standard InChI is InChI=1S/C16H27N3/c1-4-19-15(7-12(2)18-19)10-16(11-17-3)9-13-5-6-14(16)8-13/h7,13-14,17H,4-6,8-11H2,1-3H3. The highest BCUT2D eigenvalue weighted by Gasteiger charge is 2.50. The highest BCUT2D eigenvalue weighted by Crippen LogP contribution is 2.57. The Morgan fingerprint density at radius 2 is 2.32 bits per heavy atom. The first-order valence-electron chi connectivity index (χ1n) is 7.85. The summed E-state index contributed by atoms with van der Waals surface area (Å²) < 4.78 is 2.21. The molecule has 2 aliphatic carbocycles. The van der Waals surface area contributed by atoms with Crippen molar-refractivity contribution >= 4 is 0 Å². The Kier molecular flexibility index (Phi) is 3.42. The summed E-state index contributed by atoms with van der Waals surface area (Å²) in [4.78, 5) is 0. The molecule has 3 nitrogen and oxygen atoms in total. The lowest BCUT2D eigenvalue weighted by Gasteiger charge is -2.38. The molecule has 0 aromatic carbocycles. The van der Waals surface area contributed by atoms with Crippen LogP contribution in [-0.4, -0.2) is 23.4 Å². The first-order chi connectivity index (χ1) is 9.16. The Morgan fingerprint density at radius 3 is 2.89 bits per heavy atom. The molecule has 2 saturated carbocycles. The lowest BCUT2D eigenvalue weighted by Crippen LogP contribution is -2.39. The quantitative estimate of drug-likeness (QED) is 0.883. The molecule has 3 rings (SSSR count). The Labute approximate surface area is 116 Å². The van der Waals surface area contributed by atoms with Gasteiger partial charge in [0.2, 0.25) is 0 Å². The zero-order valence-corrected chi connectivity index (χ0v) is 12.6. The first-order valence-corrected chi connectivity index (χ1v) is 7.85. The molecule has 19 heavy (non-hydrogen) atoms. The van der Waals surface area contributed by atoms with E-state index in [4.69, 9.17) is 0 Å². The van der Waals surface area contributed by atoms with Crippen LogP contribution in [0.15, 0.2) is 6.07 Å². The Morgan fingerprint density at radius 1 is 1.47 bits per heavy atom. The topological polar surface area (TPSA) is 29.9 Å². The van der Waals surface area contributed by atoms with Crippen LogP contribution in [0.2, 0.25) is 0 Å². The molecule has 2 fully saturated rings. The molecule has 1 aromatic rings. The molecular formula is C16H27N3. The SMILES string of the molecule is CCn1nc(C)cc1CC1(CNC)CC2CCC1C2. The summed E-state index contributed by atoms with van der Waals surface area (Å²) >= 11 is 0. The molecule has 106 valence electrons. The predicted molar refractivity (Wildman–Crippen MR) is 78.1 cm³/mol. The molecular weight excluding hydrogens is 234 g/mol. The van der Waals surface area contributed by atoms with Crippen molar-refractivity contribution in [1.82, 2.24) is 15.1 Å². The van der Waals surface area contributed by atoms with E-state index in [1.54, 1.807) is 0 Å². The molecule has 3 heteroatoms. The van der Waals surface area contributed by atoms with Crippen molar-refractivity contribution in [3.8, 4) is 0 Å². The number of fused-ring (bicyclic) bond motifs is 2. The molecule has 0 aliphatic heterocycles. The van der Waals surface area contributed by atoms with E-state index in [0.29, 0.717) is 5.41 Å². The molecule has 1 N–H and O–H groups in total. The van der Waals surface area contributed by atoms with E-state index in [0.717, 1.165) is 18.4 Å². The van der Waals surface area contributed by atoms with Crippen LogP contribution in [0, 0.1) is 24.2 Å². The van der Waals surface area contributed by atoms with Crippen LogP contribution in [0.25, 0.3) is 0 Å². The van der Waals surface area contributed by atoms with Crippen molar-refractivity contribution in [1.29, 1.82) is 0 Å². The second-order valence-electron chi connectivity index (χ2n) is 6.74. The Hall–Kier alpha value is -0.830. The first kappa shape index (κ1) is 13.2. The van der Waals surface area contributed by atoms with E-state index in [9.17, 15) is 0 Å². The zero-order valence-electron chi connectivity index (χ0n) is 12.6. The highest BCUT2D eigenvalue weighted by molar-refractivity contribution is 5.15. The fraction of sp³-hybridized carbons (Fsp3) is 0.812. The van der Waals surface area contributed by atoms with Gasteiger partial charge in [-0.15, -0.1) is 0 Å². The van der Waals surface area contributed by atoms with Gasteiger partial charge in [-0.3, -0.25) is 4.68 Å². The number of hydrogen-bond donors (Lipinski definition) is 1. The van der Waals surface area contributed by atoms with Gasteiger partial charge in [0.05, 0.1) is 5.69 Å². The molecule has 2 aliphatic rings. The summed E-state index contributed by atoms with van der Waals surface area (Å²) in [5.41, 5.74) is 3.11. The average molecular weight is 261 g/mol. The van der Waals surface area contributed by atoms with E-state index < -0.39 is 0 Å². The largest absolute Gasteiger partial charge is 0.319 e. The molecule has 3 atom stereocenters. The van der Waals surface area contributed by atoms with Gasteiger partial charge in [-0.2, -0.15) is 5.10 Å². The van der Waals surface area contributed by atoms with Gasteiger partial charge in [-0.05, 0) is 69.9 Å². The third-order valence-electron chi connectivity index (χ3n) is 5.45. The van der Waals surface area contributed by atoms with Crippen molar-refractivity contribution in [2.45, 2.75) is 52.5 Å². The van der Waals surface area contributed by atoms with Gasteiger partial charge >= 0.3 is 0 Å². The van der Waals surface area contributed by atoms with Crippen LogP contribution in [0.4, 0.5) is 0 Å². The van der Waals surface area contributed by atoms with Crippen LogP contribution < -0.4 is 5.32 Å². The minimum Gasteiger partial charge on any atom is -0.319 e. The predicted octanol–water partition coefficient (Wildman–Crippen LogP) is 2.78. The number of nitrogens with one attached hydrogen (secondary N) is 1. The Balaban J connectivity index is 1.85. The summed E-state index contributed by atoms with van der Waals surface area (Å²) in [6.07, 6.45) is 7.03. The molecule has 1 aromatic heterocycles. The van der Waals surface area contributed by atoms with Crippen LogP contribution in [-0.2, 0) is 13.0 Å². The lowest BCUT2D eigenvalue weighted by atomic mass is 9.70. The number of nitrogens with zero attached hydrogens (tertiary/aromatic N) is 2. The molecule has 0 amide bonds. The number of aryl methyl sites for hydroxylation is 2. The van der Waals surface area contributed by atoms with Gasteiger partial charge in [0.15, 0.2) is 0 Å². The minimum atomic E-state index is 0.497. The third kappa shape index (κ3) is 2.22. The van der Waals surface area contributed by atoms with Gasteiger partial charge in [0.25, 0.3) is 0 Å². The highest BCUT2D eigenvalue weighted by atomic mass is 15.3. The van der Waals surface area contributed by atoms with Crippen molar-refractivity contribution in [3.05, 3.63) is 17.5 Å². The molecule has 1 heterocycles. The number of aromatic nitrogens is 2. The molecule has 2 bridgehead atoms. The summed E-state index contributed by atoms with van der Waals surface area (Å²) in [7, 11) is 2.11. The van der Waals surface area contributed by atoms with Gasteiger partial charge in [0, 0.05) is 18.8 Å². The fourth-order valence-corrected chi connectivity index (χ4v) is 4.78. The van der Waals surface area contributed by atoms with Crippen molar-refractivity contribution < 1.29 is 0 Å². The van der Waals surface area contributed by atoms with Crippen LogP contribution >= 0.6 is 0 Å². The molecule has 0 radical (unpaired) electrons. The summed E-state index contributed by atoms with van der Waals surface area (Å²) in [5.74, 6) is 1.93. The van der Waals surface area contributed by atoms with Gasteiger partial charge < -0.3 is 5.32 Å². The van der Waals surface area contributed by atoms with Gasteiger partial charge in [-0.25, -0.2) is 0 Å². The van der Waals surface area contributed by atoms with Crippen LogP contribution in [0.3, 0.4) is 0 Å². The fourth-order valence-electron chi connectivity index (χ4n) is 4.78. The molecule has 0 spiro atoms. The second kappa shape index (κ2) is 4.93. The zero-order chi connectivity index (χ0) is 13.5. The normalized spacial score (nSPS) is 33.2. The van der Waals surface area contributed by atoms with E-state index in [2.05, 4.69) is 42.1 Å². The lowest BCUT2D eigenvalue weighted by molar-refractivity contribution is 0.156. The molecule has 3 unspecified atom stereocenters. The van der Waals surface area contributed by atoms with Gasteiger partial charge in [0.1, 0.15) is 0 Å². The summed E-state index contributed by atoms with van der Waals surface area (Å²) in [5, 5.41) is 8.09. The monoisotopic (exact) mass is 261 g/mol. The smallest absolute Gasteiger partial charge is 0.0596 e.